The first-order valence-corrected chi connectivity index (χ1v) is 5.32. The van der Waals surface area contributed by atoms with Gasteiger partial charge in [0, 0.05) is 0 Å². The molecule has 5 heteroatoms. The molecule has 2 N–H and O–H groups in total. The van der Waals surface area contributed by atoms with Gasteiger partial charge in [-0.1, -0.05) is 0 Å². The SMILES string of the molecule is COC(=O)Cn1cnc2c(N)c(C)c(C)cc21. The molecule has 0 spiro atoms. The average molecular weight is 233 g/mol. The first-order chi connectivity index (χ1) is 8.04. The average Bonchev–Trinajstić information content (AvgIpc) is 2.69. The molecule has 17 heavy (non-hydrogen) atoms. The lowest BCUT2D eigenvalue weighted by atomic mass is 10.1. The Morgan fingerprint density at radius 2 is 2.24 bits per heavy atom. The molecule has 0 atom stereocenters. The number of aryl methyl sites for hydroxylation is 1. The number of anilines is 1. The summed E-state index contributed by atoms with van der Waals surface area (Å²) in [5.74, 6) is -0.305. The summed E-state index contributed by atoms with van der Waals surface area (Å²) < 4.78 is 6.38. The zero-order valence-corrected chi connectivity index (χ0v) is 10.2. The summed E-state index contributed by atoms with van der Waals surface area (Å²) in [6.07, 6.45) is 1.61. The Morgan fingerprint density at radius 1 is 1.53 bits per heavy atom. The van der Waals surface area contributed by atoms with Gasteiger partial charge in [0.2, 0.25) is 0 Å². The fourth-order valence-corrected chi connectivity index (χ4v) is 1.78. The number of esters is 1. The van der Waals surface area contributed by atoms with Crippen LogP contribution in [-0.2, 0) is 16.1 Å². The molecule has 2 rings (SSSR count). The minimum absolute atomic E-state index is 0.148. The monoisotopic (exact) mass is 233 g/mol. The second kappa shape index (κ2) is 4.08. The number of aromatic nitrogens is 2. The summed E-state index contributed by atoms with van der Waals surface area (Å²) in [5.41, 5.74) is 10.4. The molecule has 0 aliphatic carbocycles. The van der Waals surface area contributed by atoms with Crippen LogP contribution in [0.15, 0.2) is 12.4 Å². The highest BCUT2D eigenvalue weighted by Crippen LogP contribution is 2.26. The van der Waals surface area contributed by atoms with Crippen molar-refractivity contribution in [1.82, 2.24) is 9.55 Å². The van der Waals surface area contributed by atoms with Crippen LogP contribution in [0.1, 0.15) is 11.1 Å². The number of nitrogen functional groups attached to an aromatic ring is 1. The second-order valence-electron chi connectivity index (χ2n) is 4.05. The number of nitrogens with two attached hydrogens (primary N) is 1. The number of imidazole rings is 1. The van der Waals surface area contributed by atoms with Gasteiger partial charge < -0.3 is 15.0 Å². The Morgan fingerprint density at radius 3 is 2.88 bits per heavy atom. The molecule has 0 saturated heterocycles. The van der Waals surface area contributed by atoms with Gasteiger partial charge in [0.05, 0.1) is 24.6 Å². The van der Waals surface area contributed by atoms with Crippen molar-refractivity contribution in [1.29, 1.82) is 0 Å². The summed E-state index contributed by atoms with van der Waals surface area (Å²) >= 11 is 0. The first kappa shape index (κ1) is 11.4. The van der Waals surface area contributed by atoms with Crippen molar-refractivity contribution in [2.45, 2.75) is 20.4 Å². The van der Waals surface area contributed by atoms with E-state index in [0.717, 1.165) is 22.2 Å². The Bertz CT molecular complexity index is 587. The molecule has 90 valence electrons. The number of carbonyl (C=O) groups is 1. The van der Waals surface area contributed by atoms with E-state index in [1.54, 1.807) is 10.9 Å². The zero-order chi connectivity index (χ0) is 12.6. The number of rotatable bonds is 2. The van der Waals surface area contributed by atoms with Crippen molar-refractivity contribution < 1.29 is 9.53 Å². The molecule has 0 aliphatic heterocycles. The molecule has 0 saturated carbocycles. The van der Waals surface area contributed by atoms with E-state index in [-0.39, 0.29) is 12.5 Å². The highest BCUT2D eigenvalue weighted by Gasteiger charge is 2.12. The van der Waals surface area contributed by atoms with Gasteiger partial charge in [-0.05, 0) is 31.0 Å². The van der Waals surface area contributed by atoms with Crippen LogP contribution in [0.4, 0.5) is 5.69 Å². The molecule has 0 radical (unpaired) electrons. The minimum Gasteiger partial charge on any atom is -0.468 e. The molecule has 1 aromatic carbocycles. The largest absolute Gasteiger partial charge is 0.468 e. The van der Waals surface area contributed by atoms with Gasteiger partial charge in [-0.15, -0.1) is 0 Å². The van der Waals surface area contributed by atoms with E-state index in [4.69, 9.17) is 5.73 Å². The Balaban J connectivity index is 2.57. The number of methoxy groups -OCH3 is 1. The van der Waals surface area contributed by atoms with E-state index in [1.165, 1.54) is 7.11 Å². The van der Waals surface area contributed by atoms with Gasteiger partial charge in [-0.2, -0.15) is 0 Å². The third-order valence-electron chi connectivity index (χ3n) is 3.01. The van der Waals surface area contributed by atoms with Gasteiger partial charge >= 0.3 is 5.97 Å². The summed E-state index contributed by atoms with van der Waals surface area (Å²) in [4.78, 5) is 15.5. The van der Waals surface area contributed by atoms with E-state index in [1.807, 2.05) is 19.9 Å². The molecule has 2 aromatic rings. The highest BCUT2D eigenvalue weighted by atomic mass is 16.5. The quantitative estimate of drug-likeness (QED) is 0.629. The van der Waals surface area contributed by atoms with Crippen LogP contribution in [0.3, 0.4) is 0 Å². The van der Waals surface area contributed by atoms with Gasteiger partial charge in [0.1, 0.15) is 12.1 Å². The lowest BCUT2D eigenvalue weighted by Gasteiger charge is -2.07. The first-order valence-electron chi connectivity index (χ1n) is 5.32. The predicted molar refractivity (Wildman–Crippen MR) is 65.6 cm³/mol. The molecule has 0 amide bonds. The standard InChI is InChI=1S/C12H15N3O2/c1-7-4-9-12(11(13)8(7)2)14-6-15(9)5-10(16)17-3/h4,6H,5,13H2,1-3H3. The number of nitrogens with zero attached hydrogens (tertiary/aromatic N) is 2. The maximum atomic E-state index is 11.3. The van der Waals surface area contributed by atoms with E-state index in [0.29, 0.717) is 5.69 Å². The molecule has 0 bridgehead atoms. The maximum absolute atomic E-state index is 11.3. The fourth-order valence-electron chi connectivity index (χ4n) is 1.78. The molecule has 0 fully saturated rings. The lowest BCUT2D eigenvalue weighted by Crippen LogP contribution is -2.10. The summed E-state index contributed by atoms with van der Waals surface area (Å²) in [6.45, 7) is 4.10. The number of hydrogen-bond donors (Lipinski definition) is 1. The fraction of sp³-hybridized carbons (Fsp3) is 0.333. The number of carbonyl (C=O) groups excluding carboxylic acids is 1. The van der Waals surface area contributed by atoms with Crippen LogP contribution in [0.2, 0.25) is 0 Å². The molecule has 0 unspecified atom stereocenters. The maximum Gasteiger partial charge on any atom is 0.325 e. The zero-order valence-electron chi connectivity index (χ0n) is 10.2. The van der Waals surface area contributed by atoms with Crippen molar-refractivity contribution in [3.8, 4) is 0 Å². The van der Waals surface area contributed by atoms with Gasteiger partial charge in [-0.3, -0.25) is 4.79 Å². The smallest absolute Gasteiger partial charge is 0.325 e. The Kier molecular flexibility index (Phi) is 2.75. The van der Waals surface area contributed by atoms with Crippen LogP contribution < -0.4 is 5.73 Å². The van der Waals surface area contributed by atoms with Gasteiger partial charge in [0.25, 0.3) is 0 Å². The molecule has 1 aromatic heterocycles. The predicted octanol–water partition coefficient (Wildman–Crippen LogP) is 1.41. The van der Waals surface area contributed by atoms with Crippen molar-refractivity contribution in [2.24, 2.45) is 0 Å². The molecule has 1 heterocycles. The van der Waals surface area contributed by atoms with Crippen LogP contribution in [-0.4, -0.2) is 22.6 Å². The minimum atomic E-state index is -0.305. The van der Waals surface area contributed by atoms with Crippen molar-refractivity contribution in [3.05, 3.63) is 23.5 Å². The molecule has 5 nitrogen and oxygen atoms in total. The van der Waals surface area contributed by atoms with Crippen molar-refractivity contribution >= 4 is 22.7 Å². The van der Waals surface area contributed by atoms with Gasteiger partial charge in [0.15, 0.2) is 0 Å². The normalized spacial score (nSPS) is 10.8. The number of benzene rings is 1. The van der Waals surface area contributed by atoms with E-state index >= 15 is 0 Å². The second-order valence-corrected chi connectivity index (χ2v) is 4.05. The summed E-state index contributed by atoms with van der Waals surface area (Å²) in [5, 5.41) is 0. The molecular formula is C12H15N3O2. The van der Waals surface area contributed by atoms with Crippen LogP contribution in [0, 0.1) is 13.8 Å². The highest BCUT2D eigenvalue weighted by molar-refractivity contribution is 5.90. The van der Waals surface area contributed by atoms with Crippen LogP contribution >= 0.6 is 0 Å². The molecular weight excluding hydrogens is 218 g/mol. The van der Waals surface area contributed by atoms with E-state index in [9.17, 15) is 4.79 Å². The summed E-state index contributed by atoms with van der Waals surface area (Å²) in [7, 11) is 1.37. The lowest BCUT2D eigenvalue weighted by molar-refractivity contribution is -0.141. The number of fused-ring (bicyclic) bond motifs is 1. The third-order valence-corrected chi connectivity index (χ3v) is 3.01. The Hall–Kier alpha value is -2.04. The number of hydrogen-bond acceptors (Lipinski definition) is 4. The topological polar surface area (TPSA) is 70.1 Å². The van der Waals surface area contributed by atoms with Crippen molar-refractivity contribution in [2.75, 3.05) is 12.8 Å². The third kappa shape index (κ3) is 1.84. The van der Waals surface area contributed by atoms with Crippen LogP contribution in [0.5, 0.6) is 0 Å². The van der Waals surface area contributed by atoms with E-state index in [2.05, 4.69) is 9.72 Å². The Labute approximate surface area is 99.2 Å². The summed E-state index contributed by atoms with van der Waals surface area (Å²) in [6, 6.07) is 1.98. The van der Waals surface area contributed by atoms with Crippen LogP contribution in [0.25, 0.3) is 11.0 Å². The van der Waals surface area contributed by atoms with E-state index < -0.39 is 0 Å². The van der Waals surface area contributed by atoms with Crippen molar-refractivity contribution in [3.63, 3.8) is 0 Å². The van der Waals surface area contributed by atoms with Gasteiger partial charge in [-0.25, -0.2) is 4.98 Å². The molecule has 0 aliphatic rings. The number of ether oxygens (including phenoxy) is 1.